The van der Waals surface area contributed by atoms with Gasteiger partial charge < -0.3 is 20.0 Å². The number of hydrogen-bond donors (Lipinski definition) is 2. The zero-order valence-corrected chi connectivity index (χ0v) is 14.7. The van der Waals surface area contributed by atoms with Gasteiger partial charge in [0.15, 0.2) is 5.82 Å². The van der Waals surface area contributed by atoms with Crippen LogP contribution >= 0.6 is 0 Å². The zero-order chi connectivity index (χ0) is 18.7. The first kappa shape index (κ1) is 18.4. The van der Waals surface area contributed by atoms with Gasteiger partial charge in [0.1, 0.15) is 0 Å². The van der Waals surface area contributed by atoms with E-state index in [0.29, 0.717) is 43.0 Å². The summed E-state index contributed by atoms with van der Waals surface area (Å²) in [6.07, 6.45) is -0.716. The van der Waals surface area contributed by atoms with Crippen LogP contribution < -0.4 is 4.90 Å². The van der Waals surface area contributed by atoms with E-state index in [2.05, 4.69) is 0 Å². The van der Waals surface area contributed by atoms with E-state index in [9.17, 15) is 19.4 Å². The molecule has 0 spiro atoms. The van der Waals surface area contributed by atoms with Crippen molar-refractivity contribution in [3.8, 4) is 0 Å². The molecule has 1 saturated heterocycles. The third-order valence-electron chi connectivity index (χ3n) is 4.78. The Balaban J connectivity index is 1.72. The Bertz CT molecular complexity index is 786. The Kier molecular flexibility index (Phi) is 5.54. The third-order valence-corrected chi connectivity index (χ3v) is 4.78. The van der Waals surface area contributed by atoms with Crippen molar-refractivity contribution in [2.75, 3.05) is 31.1 Å². The fraction of sp³-hybridized carbons (Fsp3) is 0.350. The minimum atomic E-state index is -0.716. The molecule has 26 heavy (non-hydrogen) atoms. The van der Waals surface area contributed by atoms with Gasteiger partial charge in [-0.15, -0.1) is 0 Å². The second kappa shape index (κ2) is 7.85. The Hall–Kier alpha value is -2.44. The number of carbonyl (C=O) groups excluding carboxylic acids is 1. The highest BCUT2D eigenvalue weighted by Crippen LogP contribution is 2.25. The van der Waals surface area contributed by atoms with Crippen LogP contribution in [0.4, 0.5) is 10.1 Å². The Morgan fingerprint density at radius 1 is 1.12 bits per heavy atom. The molecule has 0 saturated carbocycles. The predicted molar refractivity (Wildman–Crippen MR) is 97.5 cm³/mol. The average Bonchev–Trinajstić information content (AvgIpc) is 2.68. The average molecular weight is 358 g/mol. The van der Waals surface area contributed by atoms with Crippen LogP contribution in [-0.2, 0) is 6.61 Å². The maximum Gasteiger partial charge on any atom is 0.254 e. The molecule has 0 bridgehead atoms. The summed E-state index contributed by atoms with van der Waals surface area (Å²) in [5, 5.41) is 19.1. The smallest absolute Gasteiger partial charge is 0.254 e. The van der Waals surface area contributed by atoms with E-state index in [0.717, 1.165) is 0 Å². The van der Waals surface area contributed by atoms with Gasteiger partial charge in [-0.05, 0) is 24.6 Å². The molecule has 1 atom stereocenters. The molecule has 0 radical (unpaired) electrons. The van der Waals surface area contributed by atoms with E-state index in [1.54, 1.807) is 54.3 Å². The number of anilines is 1. The van der Waals surface area contributed by atoms with Gasteiger partial charge in [0.2, 0.25) is 0 Å². The van der Waals surface area contributed by atoms with Crippen molar-refractivity contribution in [2.45, 2.75) is 19.6 Å². The molecular formula is C20H23FN2O3. The van der Waals surface area contributed by atoms with Crippen molar-refractivity contribution < 1.29 is 19.4 Å². The van der Waals surface area contributed by atoms with Gasteiger partial charge in [0.05, 0.1) is 18.4 Å². The molecule has 2 N–H and O–H groups in total. The number of amides is 1. The molecule has 0 aromatic heterocycles. The second-order valence-electron chi connectivity index (χ2n) is 6.45. The van der Waals surface area contributed by atoms with E-state index in [4.69, 9.17) is 0 Å². The van der Waals surface area contributed by atoms with Crippen molar-refractivity contribution in [3.05, 3.63) is 65.0 Å². The number of halogens is 1. The van der Waals surface area contributed by atoms with Gasteiger partial charge in [-0.2, -0.15) is 0 Å². The number of aliphatic hydroxyl groups is 2. The normalized spacial score (nSPS) is 15.8. The van der Waals surface area contributed by atoms with E-state index < -0.39 is 11.9 Å². The lowest BCUT2D eigenvalue weighted by Crippen LogP contribution is -2.49. The van der Waals surface area contributed by atoms with Crippen LogP contribution in [0, 0.1) is 5.82 Å². The van der Waals surface area contributed by atoms with Gasteiger partial charge in [0.25, 0.3) is 5.91 Å². The highest BCUT2D eigenvalue weighted by molar-refractivity contribution is 5.96. The molecule has 1 fully saturated rings. The number of rotatable bonds is 4. The first-order valence-corrected chi connectivity index (χ1v) is 8.72. The minimum absolute atomic E-state index is 0.120. The van der Waals surface area contributed by atoms with Gasteiger partial charge in [-0.25, -0.2) is 4.39 Å². The molecule has 138 valence electrons. The summed E-state index contributed by atoms with van der Waals surface area (Å²) in [5.74, 6) is -0.528. The summed E-state index contributed by atoms with van der Waals surface area (Å²) in [7, 11) is 0. The van der Waals surface area contributed by atoms with Crippen LogP contribution in [-0.4, -0.2) is 47.2 Å². The standard InChI is InChI=1S/C20H23FN2O3/c1-14(25)16-6-2-3-7-17(16)20(26)23-11-9-22(10-12-23)18-8-4-5-15(13-24)19(18)21/h2-8,14,24-25H,9-13H2,1H3. The van der Waals surface area contributed by atoms with Crippen LogP contribution in [0.2, 0.25) is 0 Å². The van der Waals surface area contributed by atoms with E-state index in [1.165, 1.54) is 0 Å². The molecule has 1 unspecified atom stereocenters. The number of aliphatic hydroxyl groups excluding tert-OH is 2. The summed E-state index contributed by atoms with van der Waals surface area (Å²) < 4.78 is 14.4. The Morgan fingerprint density at radius 2 is 1.81 bits per heavy atom. The SMILES string of the molecule is CC(O)c1ccccc1C(=O)N1CCN(c2cccc(CO)c2F)CC1. The number of carbonyl (C=O) groups is 1. The number of benzene rings is 2. The lowest BCUT2D eigenvalue weighted by molar-refractivity contribution is 0.0740. The van der Waals surface area contributed by atoms with Crippen molar-refractivity contribution in [2.24, 2.45) is 0 Å². The highest BCUT2D eigenvalue weighted by atomic mass is 19.1. The maximum absolute atomic E-state index is 14.4. The van der Waals surface area contributed by atoms with E-state index in [1.807, 2.05) is 4.90 Å². The second-order valence-corrected chi connectivity index (χ2v) is 6.45. The molecule has 3 rings (SSSR count). The van der Waals surface area contributed by atoms with Gasteiger partial charge in [-0.3, -0.25) is 4.79 Å². The van der Waals surface area contributed by atoms with Crippen molar-refractivity contribution in [1.82, 2.24) is 4.90 Å². The first-order chi connectivity index (χ1) is 12.5. The van der Waals surface area contributed by atoms with Gasteiger partial charge in [-0.1, -0.05) is 30.3 Å². The molecule has 5 nitrogen and oxygen atoms in total. The molecule has 1 aliphatic heterocycles. The van der Waals surface area contributed by atoms with Crippen LogP contribution in [0.15, 0.2) is 42.5 Å². The number of nitrogens with zero attached hydrogens (tertiary/aromatic N) is 2. The molecule has 2 aromatic rings. The van der Waals surface area contributed by atoms with Gasteiger partial charge >= 0.3 is 0 Å². The zero-order valence-electron chi connectivity index (χ0n) is 14.7. The minimum Gasteiger partial charge on any atom is -0.392 e. The van der Waals surface area contributed by atoms with Crippen molar-refractivity contribution >= 4 is 11.6 Å². The maximum atomic E-state index is 14.4. The molecule has 1 amide bonds. The summed E-state index contributed by atoms with van der Waals surface area (Å²) in [6, 6.07) is 12.0. The fourth-order valence-corrected chi connectivity index (χ4v) is 3.31. The highest BCUT2D eigenvalue weighted by Gasteiger charge is 2.26. The number of hydrogen-bond acceptors (Lipinski definition) is 4. The molecular weight excluding hydrogens is 335 g/mol. The van der Waals surface area contributed by atoms with Crippen LogP contribution in [0.1, 0.15) is 34.5 Å². The quantitative estimate of drug-likeness (QED) is 0.881. The number of piperazine rings is 1. The third kappa shape index (κ3) is 3.57. The van der Waals surface area contributed by atoms with Crippen molar-refractivity contribution in [3.63, 3.8) is 0 Å². The summed E-state index contributed by atoms with van der Waals surface area (Å²) in [5.41, 5.74) is 1.84. The topological polar surface area (TPSA) is 64.0 Å². The van der Waals surface area contributed by atoms with E-state index in [-0.39, 0.29) is 18.1 Å². The summed E-state index contributed by atoms with van der Waals surface area (Å²) in [6.45, 7) is 3.25. The predicted octanol–water partition coefficient (Wildman–Crippen LogP) is 2.33. The Morgan fingerprint density at radius 3 is 2.46 bits per heavy atom. The Labute approximate surface area is 152 Å². The lowest BCUT2D eigenvalue weighted by Gasteiger charge is -2.36. The molecule has 0 aliphatic carbocycles. The van der Waals surface area contributed by atoms with E-state index >= 15 is 0 Å². The summed E-state index contributed by atoms with van der Waals surface area (Å²) in [4.78, 5) is 16.4. The largest absolute Gasteiger partial charge is 0.392 e. The first-order valence-electron chi connectivity index (χ1n) is 8.72. The van der Waals surface area contributed by atoms with Crippen LogP contribution in [0.25, 0.3) is 0 Å². The summed E-state index contributed by atoms with van der Waals surface area (Å²) >= 11 is 0. The monoisotopic (exact) mass is 358 g/mol. The van der Waals surface area contributed by atoms with Crippen LogP contribution in [0.5, 0.6) is 0 Å². The fourth-order valence-electron chi connectivity index (χ4n) is 3.31. The molecule has 1 aliphatic rings. The van der Waals surface area contributed by atoms with Crippen molar-refractivity contribution in [1.29, 1.82) is 0 Å². The lowest BCUT2D eigenvalue weighted by atomic mass is 10.0. The molecule has 6 heteroatoms. The van der Waals surface area contributed by atoms with Gasteiger partial charge in [0, 0.05) is 37.3 Å². The molecule has 1 heterocycles. The molecule has 2 aromatic carbocycles. The van der Waals surface area contributed by atoms with Crippen LogP contribution in [0.3, 0.4) is 0 Å².